The SMILES string of the molecule is COC(CNC(=O)Cc1c(F)cccc1Cl)c1ccccc1. The summed E-state index contributed by atoms with van der Waals surface area (Å²) in [5.74, 6) is -0.779. The number of ether oxygens (including phenoxy) is 1. The number of rotatable bonds is 6. The summed E-state index contributed by atoms with van der Waals surface area (Å²) in [6.45, 7) is 0.311. The first kappa shape index (κ1) is 16.5. The lowest BCUT2D eigenvalue weighted by molar-refractivity contribution is -0.121. The fourth-order valence-corrected chi connectivity index (χ4v) is 2.37. The lowest BCUT2D eigenvalue weighted by Crippen LogP contribution is -2.30. The highest BCUT2D eigenvalue weighted by Crippen LogP contribution is 2.19. The van der Waals surface area contributed by atoms with Crippen molar-refractivity contribution >= 4 is 17.5 Å². The molecule has 0 aliphatic carbocycles. The first-order valence-electron chi connectivity index (χ1n) is 6.89. The topological polar surface area (TPSA) is 38.3 Å². The predicted octanol–water partition coefficient (Wildman–Crippen LogP) is 3.53. The lowest BCUT2D eigenvalue weighted by Gasteiger charge is -2.16. The molecule has 1 N–H and O–H groups in total. The molecule has 2 rings (SSSR count). The van der Waals surface area contributed by atoms with E-state index in [9.17, 15) is 9.18 Å². The summed E-state index contributed by atoms with van der Waals surface area (Å²) < 4.78 is 19.0. The van der Waals surface area contributed by atoms with E-state index in [1.165, 1.54) is 12.1 Å². The Hall–Kier alpha value is -1.91. The lowest BCUT2D eigenvalue weighted by atomic mass is 10.1. The number of nitrogens with one attached hydrogen (secondary N) is 1. The second kappa shape index (κ2) is 7.92. The smallest absolute Gasteiger partial charge is 0.224 e. The van der Waals surface area contributed by atoms with Crippen molar-refractivity contribution < 1.29 is 13.9 Å². The van der Waals surface area contributed by atoms with Gasteiger partial charge in [-0.3, -0.25) is 4.79 Å². The molecular weight excluding hydrogens is 305 g/mol. The summed E-state index contributed by atoms with van der Waals surface area (Å²) in [6, 6.07) is 13.9. The highest BCUT2D eigenvalue weighted by Gasteiger charge is 2.14. The van der Waals surface area contributed by atoms with Gasteiger partial charge < -0.3 is 10.1 Å². The van der Waals surface area contributed by atoms with Crippen LogP contribution in [0.25, 0.3) is 0 Å². The molecule has 0 fully saturated rings. The van der Waals surface area contributed by atoms with Crippen LogP contribution in [0.1, 0.15) is 17.2 Å². The van der Waals surface area contributed by atoms with E-state index in [0.717, 1.165) is 5.56 Å². The van der Waals surface area contributed by atoms with Crippen LogP contribution in [-0.2, 0) is 16.0 Å². The van der Waals surface area contributed by atoms with Crippen LogP contribution in [-0.4, -0.2) is 19.6 Å². The number of carbonyl (C=O) groups is 1. The fraction of sp³-hybridized carbons (Fsp3) is 0.235. The van der Waals surface area contributed by atoms with E-state index in [4.69, 9.17) is 16.3 Å². The van der Waals surface area contributed by atoms with Gasteiger partial charge in [0.2, 0.25) is 5.91 Å². The standard InChI is InChI=1S/C17H17ClFNO2/c1-22-16(12-6-3-2-4-7-12)11-20-17(21)10-13-14(18)8-5-9-15(13)19/h2-9,16H,10-11H2,1H3,(H,20,21). The van der Waals surface area contributed by atoms with Gasteiger partial charge >= 0.3 is 0 Å². The van der Waals surface area contributed by atoms with Crippen molar-refractivity contribution in [3.63, 3.8) is 0 Å². The molecule has 2 aromatic rings. The number of amides is 1. The summed E-state index contributed by atoms with van der Waals surface area (Å²) in [6.07, 6.45) is -0.349. The zero-order valence-electron chi connectivity index (χ0n) is 12.2. The molecule has 5 heteroatoms. The van der Waals surface area contributed by atoms with Crippen molar-refractivity contribution in [2.45, 2.75) is 12.5 Å². The zero-order valence-corrected chi connectivity index (χ0v) is 12.9. The molecule has 0 aliphatic rings. The van der Waals surface area contributed by atoms with E-state index < -0.39 is 5.82 Å². The minimum atomic E-state index is -0.478. The largest absolute Gasteiger partial charge is 0.375 e. The Labute approximate surface area is 134 Å². The summed E-state index contributed by atoms with van der Waals surface area (Å²) >= 11 is 5.91. The van der Waals surface area contributed by atoms with Gasteiger partial charge in [0.25, 0.3) is 0 Å². The number of benzene rings is 2. The predicted molar refractivity (Wildman–Crippen MR) is 84.3 cm³/mol. The molecule has 1 atom stereocenters. The van der Waals surface area contributed by atoms with Crippen LogP contribution in [0.2, 0.25) is 5.02 Å². The molecule has 1 unspecified atom stereocenters. The van der Waals surface area contributed by atoms with Crippen LogP contribution in [0.3, 0.4) is 0 Å². The molecular formula is C17H17ClFNO2. The van der Waals surface area contributed by atoms with Gasteiger partial charge in [-0.15, -0.1) is 0 Å². The molecule has 0 bridgehead atoms. The Morgan fingerprint density at radius 3 is 2.59 bits per heavy atom. The highest BCUT2D eigenvalue weighted by molar-refractivity contribution is 6.31. The molecule has 0 heterocycles. The molecule has 0 spiro atoms. The van der Waals surface area contributed by atoms with Gasteiger partial charge in [0.15, 0.2) is 0 Å². The Morgan fingerprint density at radius 2 is 1.95 bits per heavy atom. The van der Waals surface area contributed by atoms with Crippen molar-refractivity contribution in [1.29, 1.82) is 0 Å². The Balaban J connectivity index is 1.95. The van der Waals surface area contributed by atoms with Crippen LogP contribution >= 0.6 is 11.6 Å². The maximum Gasteiger partial charge on any atom is 0.224 e. The first-order valence-corrected chi connectivity index (χ1v) is 7.27. The van der Waals surface area contributed by atoms with E-state index >= 15 is 0 Å². The number of hydrogen-bond donors (Lipinski definition) is 1. The molecule has 0 aliphatic heterocycles. The number of methoxy groups -OCH3 is 1. The summed E-state index contributed by atoms with van der Waals surface area (Å²) in [5.41, 5.74) is 1.17. The van der Waals surface area contributed by atoms with Gasteiger partial charge in [-0.25, -0.2) is 4.39 Å². The Bertz CT molecular complexity index is 614. The van der Waals surface area contributed by atoms with Crippen LogP contribution in [0.15, 0.2) is 48.5 Å². The summed E-state index contributed by atoms with van der Waals surface area (Å²) in [5, 5.41) is 3.00. The molecule has 3 nitrogen and oxygen atoms in total. The minimum Gasteiger partial charge on any atom is -0.375 e. The molecule has 0 saturated heterocycles. The van der Waals surface area contributed by atoms with Crippen LogP contribution < -0.4 is 5.32 Å². The maximum absolute atomic E-state index is 13.7. The highest BCUT2D eigenvalue weighted by atomic mass is 35.5. The molecule has 0 saturated carbocycles. The Morgan fingerprint density at radius 1 is 1.23 bits per heavy atom. The van der Waals surface area contributed by atoms with Crippen LogP contribution in [0.5, 0.6) is 0 Å². The van der Waals surface area contributed by atoms with Gasteiger partial charge in [-0.1, -0.05) is 48.0 Å². The third kappa shape index (κ3) is 4.29. The quantitative estimate of drug-likeness (QED) is 0.884. The van der Waals surface area contributed by atoms with Crippen molar-refractivity contribution in [1.82, 2.24) is 5.32 Å². The summed E-state index contributed by atoms with van der Waals surface area (Å²) in [7, 11) is 1.58. The minimum absolute atomic E-state index is 0.100. The van der Waals surface area contributed by atoms with Crippen molar-refractivity contribution in [3.05, 3.63) is 70.5 Å². The van der Waals surface area contributed by atoms with Gasteiger partial charge in [0.1, 0.15) is 5.82 Å². The molecule has 0 radical (unpaired) electrons. The first-order chi connectivity index (χ1) is 10.6. The Kier molecular flexibility index (Phi) is 5.92. The number of carbonyl (C=O) groups excluding carboxylic acids is 1. The van der Waals surface area contributed by atoms with E-state index in [2.05, 4.69) is 5.32 Å². The second-order valence-corrected chi connectivity index (χ2v) is 5.22. The second-order valence-electron chi connectivity index (χ2n) is 4.82. The average molecular weight is 322 g/mol. The third-order valence-corrected chi connectivity index (χ3v) is 3.69. The number of halogens is 2. The summed E-state index contributed by atoms with van der Waals surface area (Å²) in [4.78, 5) is 12.0. The zero-order chi connectivity index (χ0) is 15.9. The molecule has 1 amide bonds. The maximum atomic E-state index is 13.7. The van der Waals surface area contributed by atoms with Crippen molar-refractivity contribution in [2.75, 3.05) is 13.7 Å². The van der Waals surface area contributed by atoms with Gasteiger partial charge in [0, 0.05) is 24.2 Å². The van der Waals surface area contributed by atoms with Crippen molar-refractivity contribution in [2.24, 2.45) is 0 Å². The van der Waals surface area contributed by atoms with Gasteiger partial charge in [-0.05, 0) is 17.7 Å². The van der Waals surface area contributed by atoms with E-state index in [1.54, 1.807) is 13.2 Å². The number of hydrogen-bond acceptors (Lipinski definition) is 2. The third-order valence-electron chi connectivity index (χ3n) is 3.34. The van der Waals surface area contributed by atoms with Gasteiger partial charge in [0.05, 0.1) is 12.5 Å². The molecule has 0 aromatic heterocycles. The van der Waals surface area contributed by atoms with E-state index in [0.29, 0.717) is 6.54 Å². The van der Waals surface area contributed by atoms with E-state index in [-0.39, 0.29) is 29.0 Å². The monoisotopic (exact) mass is 321 g/mol. The van der Waals surface area contributed by atoms with Crippen LogP contribution in [0.4, 0.5) is 4.39 Å². The molecule has 2 aromatic carbocycles. The fourth-order valence-electron chi connectivity index (χ4n) is 2.14. The normalized spacial score (nSPS) is 12.0. The van der Waals surface area contributed by atoms with E-state index in [1.807, 2.05) is 30.3 Å². The van der Waals surface area contributed by atoms with Crippen LogP contribution in [0, 0.1) is 5.82 Å². The van der Waals surface area contributed by atoms with Crippen molar-refractivity contribution in [3.8, 4) is 0 Å². The van der Waals surface area contributed by atoms with Gasteiger partial charge in [-0.2, -0.15) is 0 Å². The molecule has 22 heavy (non-hydrogen) atoms. The average Bonchev–Trinajstić information content (AvgIpc) is 2.53. The molecule has 116 valence electrons.